The van der Waals surface area contributed by atoms with Gasteiger partial charge in [0, 0.05) is 17.9 Å². The highest BCUT2D eigenvalue weighted by Crippen LogP contribution is 2.40. The van der Waals surface area contributed by atoms with Crippen LogP contribution in [0.3, 0.4) is 0 Å². The molecule has 0 unspecified atom stereocenters. The summed E-state index contributed by atoms with van der Waals surface area (Å²) in [4.78, 5) is 20.6. The van der Waals surface area contributed by atoms with Crippen LogP contribution in [-0.2, 0) is 17.6 Å². The average molecular weight is 329 g/mol. The zero-order chi connectivity index (χ0) is 15.8. The van der Waals surface area contributed by atoms with Gasteiger partial charge >= 0.3 is 0 Å². The van der Waals surface area contributed by atoms with Crippen LogP contribution in [-0.4, -0.2) is 32.7 Å². The van der Waals surface area contributed by atoms with Gasteiger partial charge in [-0.05, 0) is 30.9 Å². The second-order valence-corrected chi connectivity index (χ2v) is 7.25. The maximum atomic E-state index is 13.0. The van der Waals surface area contributed by atoms with Crippen LogP contribution in [0.1, 0.15) is 43.1 Å². The number of benzene rings is 1. The Morgan fingerprint density at radius 2 is 2.30 bits per heavy atom. The van der Waals surface area contributed by atoms with Crippen molar-refractivity contribution >= 4 is 17.7 Å². The molecular formula is C17H19N3O2S. The molecule has 1 aromatic carbocycles. The van der Waals surface area contributed by atoms with Crippen molar-refractivity contribution in [3.63, 3.8) is 0 Å². The van der Waals surface area contributed by atoms with Gasteiger partial charge < -0.3 is 9.42 Å². The second-order valence-electron chi connectivity index (χ2n) is 6.01. The molecule has 2 aliphatic rings. The highest BCUT2D eigenvalue weighted by molar-refractivity contribution is 8.01. The Labute approximate surface area is 139 Å². The van der Waals surface area contributed by atoms with Gasteiger partial charge in [-0.3, -0.25) is 4.79 Å². The standard InChI is InChI=1S/C17H19N3O2S/c1-2-15-18-16(19-22-15)12-7-5-9-20(12)17(21)14-10-11-6-3-4-8-13(11)23-14/h3-4,6,8,12,14H,2,5,7,9-10H2,1H3/t12-,14+/m0/s1. The van der Waals surface area contributed by atoms with Crippen molar-refractivity contribution in [2.75, 3.05) is 6.54 Å². The minimum absolute atomic E-state index is 0.0226. The number of nitrogens with zero attached hydrogens (tertiary/aromatic N) is 3. The molecule has 2 aromatic rings. The second kappa shape index (κ2) is 6.00. The first kappa shape index (κ1) is 14.8. The number of carbonyl (C=O) groups excluding carboxylic acids is 1. The van der Waals surface area contributed by atoms with E-state index in [1.165, 1.54) is 10.5 Å². The van der Waals surface area contributed by atoms with E-state index in [9.17, 15) is 4.79 Å². The molecule has 5 nitrogen and oxygen atoms in total. The van der Waals surface area contributed by atoms with Crippen LogP contribution < -0.4 is 0 Å². The third-order valence-electron chi connectivity index (χ3n) is 4.54. The number of aryl methyl sites for hydroxylation is 1. The van der Waals surface area contributed by atoms with Crippen molar-refractivity contribution in [1.29, 1.82) is 0 Å². The van der Waals surface area contributed by atoms with E-state index in [1.54, 1.807) is 11.8 Å². The van der Waals surface area contributed by atoms with E-state index in [0.717, 1.165) is 32.2 Å². The predicted molar refractivity (Wildman–Crippen MR) is 87.2 cm³/mol. The van der Waals surface area contributed by atoms with E-state index in [-0.39, 0.29) is 17.2 Å². The van der Waals surface area contributed by atoms with Crippen molar-refractivity contribution < 1.29 is 9.32 Å². The van der Waals surface area contributed by atoms with E-state index in [2.05, 4.69) is 22.3 Å². The fourth-order valence-electron chi connectivity index (χ4n) is 3.35. The Morgan fingerprint density at radius 1 is 1.43 bits per heavy atom. The maximum absolute atomic E-state index is 13.0. The number of thioether (sulfide) groups is 1. The lowest BCUT2D eigenvalue weighted by atomic mass is 10.1. The lowest BCUT2D eigenvalue weighted by Crippen LogP contribution is -2.37. The summed E-state index contributed by atoms with van der Waals surface area (Å²) >= 11 is 1.68. The van der Waals surface area contributed by atoms with E-state index in [4.69, 9.17) is 4.52 Å². The molecule has 2 aliphatic heterocycles. The zero-order valence-electron chi connectivity index (χ0n) is 13.1. The molecule has 0 aliphatic carbocycles. The van der Waals surface area contributed by atoms with Crippen molar-refractivity contribution in [3.8, 4) is 0 Å². The Kier molecular flexibility index (Phi) is 3.85. The molecule has 0 saturated carbocycles. The number of aromatic nitrogens is 2. The minimum atomic E-state index is -0.0316. The van der Waals surface area contributed by atoms with Crippen LogP contribution in [0.5, 0.6) is 0 Å². The van der Waals surface area contributed by atoms with Crippen LogP contribution in [0.25, 0.3) is 0 Å². The molecule has 1 fully saturated rings. The first-order valence-corrected chi connectivity index (χ1v) is 9.01. The molecule has 4 rings (SSSR count). The monoisotopic (exact) mass is 329 g/mol. The fraction of sp³-hybridized carbons (Fsp3) is 0.471. The van der Waals surface area contributed by atoms with E-state index in [0.29, 0.717) is 11.7 Å². The van der Waals surface area contributed by atoms with Gasteiger partial charge in [0.05, 0.1) is 11.3 Å². The number of carbonyl (C=O) groups is 1. The molecule has 1 amide bonds. The molecule has 0 N–H and O–H groups in total. The van der Waals surface area contributed by atoms with Gasteiger partial charge in [0.25, 0.3) is 0 Å². The summed E-state index contributed by atoms with van der Waals surface area (Å²) in [6.07, 6.45) is 3.45. The molecule has 1 aromatic heterocycles. The lowest BCUT2D eigenvalue weighted by Gasteiger charge is -2.24. The van der Waals surface area contributed by atoms with E-state index in [1.807, 2.05) is 24.0 Å². The molecule has 0 radical (unpaired) electrons. The Hall–Kier alpha value is -1.82. The number of likely N-dealkylation sites (tertiary alicyclic amines) is 1. The largest absolute Gasteiger partial charge is 0.339 e. The van der Waals surface area contributed by atoms with Gasteiger partial charge in [0.2, 0.25) is 11.8 Å². The molecule has 1 saturated heterocycles. The van der Waals surface area contributed by atoms with Crippen molar-refractivity contribution in [3.05, 3.63) is 41.5 Å². The Balaban J connectivity index is 1.52. The van der Waals surface area contributed by atoms with E-state index < -0.39 is 0 Å². The lowest BCUT2D eigenvalue weighted by molar-refractivity contribution is -0.131. The first-order valence-electron chi connectivity index (χ1n) is 8.13. The number of amides is 1. The zero-order valence-corrected chi connectivity index (χ0v) is 13.9. The number of hydrogen-bond donors (Lipinski definition) is 0. The highest BCUT2D eigenvalue weighted by Gasteiger charge is 2.38. The maximum Gasteiger partial charge on any atom is 0.237 e. The molecule has 2 atom stereocenters. The summed E-state index contributed by atoms with van der Waals surface area (Å²) in [5.74, 6) is 1.51. The summed E-state index contributed by atoms with van der Waals surface area (Å²) in [5, 5.41) is 4.06. The van der Waals surface area contributed by atoms with Gasteiger partial charge in [-0.2, -0.15) is 4.98 Å². The molecule has 120 valence electrons. The Morgan fingerprint density at radius 3 is 3.09 bits per heavy atom. The molecule has 23 heavy (non-hydrogen) atoms. The average Bonchev–Trinajstić information content (AvgIpc) is 3.30. The summed E-state index contributed by atoms with van der Waals surface area (Å²) in [6, 6.07) is 8.25. The van der Waals surface area contributed by atoms with Gasteiger partial charge in [-0.1, -0.05) is 30.3 Å². The number of rotatable bonds is 3. The van der Waals surface area contributed by atoms with E-state index >= 15 is 0 Å². The van der Waals surface area contributed by atoms with Crippen LogP contribution in [0.15, 0.2) is 33.7 Å². The third-order valence-corrected chi connectivity index (χ3v) is 5.85. The van der Waals surface area contributed by atoms with Gasteiger partial charge in [-0.15, -0.1) is 11.8 Å². The quantitative estimate of drug-likeness (QED) is 0.866. The summed E-state index contributed by atoms with van der Waals surface area (Å²) < 4.78 is 5.23. The molecular weight excluding hydrogens is 310 g/mol. The molecule has 6 heteroatoms. The van der Waals surface area contributed by atoms with Crippen LogP contribution in [0.2, 0.25) is 0 Å². The van der Waals surface area contributed by atoms with Gasteiger partial charge in [0.1, 0.15) is 0 Å². The smallest absolute Gasteiger partial charge is 0.237 e. The number of hydrogen-bond acceptors (Lipinski definition) is 5. The Bertz CT molecular complexity index is 705. The van der Waals surface area contributed by atoms with Crippen molar-refractivity contribution in [2.24, 2.45) is 0 Å². The molecule has 0 bridgehead atoms. The highest BCUT2D eigenvalue weighted by atomic mass is 32.2. The molecule has 3 heterocycles. The summed E-state index contributed by atoms with van der Waals surface area (Å²) in [5.41, 5.74) is 1.28. The van der Waals surface area contributed by atoms with Crippen molar-refractivity contribution in [1.82, 2.24) is 15.0 Å². The third kappa shape index (κ3) is 2.65. The van der Waals surface area contributed by atoms with Crippen LogP contribution in [0, 0.1) is 0 Å². The van der Waals surface area contributed by atoms with Gasteiger partial charge in [-0.25, -0.2) is 0 Å². The first-order chi connectivity index (χ1) is 11.3. The summed E-state index contributed by atoms with van der Waals surface area (Å²) in [6.45, 7) is 2.77. The normalized spacial score (nSPS) is 23.3. The predicted octanol–water partition coefficient (Wildman–Crippen LogP) is 3.01. The SMILES string of the molecule is CCc1nc([C@@H]2CCCN2C(=O)[C@H]2Cc3ccccc3S2)no1. The van der Waals surface area contributed by atoms with Crippen LogP contribution >= 0.6 is 11.8 Å². The van der Waals surface area contributed by atoms with Crippen molar-refractivity contribution in [2.45, 2.75) is 48.8 Å². The minimum Gasteiger partial charge on any atom is -0.339 e. The number of fused-ring (bicyclic) bond motifs is 1. The topological polar surface area (TPSA) is 59.2 Å². The van der Waals surface area contributed by atoms with Crippen LogP contribution in [0.4, 0.5) is 0 Å². The summed E-state index contributed by atoms with van der Waals surface area (Å²) in [7, 11) is 0. The molecule has 0 spiro atoms. The van der Waals surface area contributed by atoms with Gasteiger partial charge in [0.15, 0.2) is 5.82 Å². The fourth-order valence-corrected chi connectivity index (χ4v) is 4.62.